The van der Waals surface area contributed by atoms with E-state index >= 15 is 0 Å². The quantitative estimate of drug-likeness (QED) is 0.778. The summed E-state index contributed by atoms with van der Waals surface area (Å²) < 4.78 is 4.67. The Morgan fingerprint density at radius 2 is 2.12 bits per heavy atom. The summed E-state index contributed by atoms with van der Waals surface area (Å²) in [7, 11) is 1.41. The highest BCUT2D eigenvalue weighted by Crippen LogP contribution is 2.25. The number of nitrogens with zero attached hydrogens (tertiary/aromatic N) is 1. The highest BCUT2D eigenvalue weighted by molar-refractivity contribution is 5.71. The first kappa shape index (κ1) is 12.1. The predicted molar refractivity (Wildman–Crippen MR) is 65.6 cm³/mol. The second-order valence-electron chi connectivity index (χ2n) is 4.45. The van der Waals surface area contributed by atoms with Gasteiger partial charge in [-0.2, -0.15) is 0 Å². The molecule has 2 atom stereocenters. The second kappa shape index (κ2) is 5.29. The van der Waals surface area contributed by atoms with Crippen LogP contribution in [0.4, 0.5) is 0 Å². The standard InChI is InChI=1S/C13H18N2O2/c1-17-13(16)9-15-7-11(12(14)8-15)10-5-3-2-4-6-10/h2-6,11-12H,7-9,14H2,1H3/t11-,12+/m1/s1. The van der Waals surface area contributed by atoms with E-state index in [2.05, 4.69) is 16.9 Å². The highest BCUT2D eigenvalue weighted by Gasteiger charge is 2.32. The summed E-state index contributed by atoms with van der Waals surface area (Å²) in [5.41, 5.74) is 7.37. The van der Waals surface area contributed by atoms with E-state index in [4.69, 9.17) is 5.73 Å². The Bertz CT molecular complexity index is 380. The lowest BCUT2D eigenvalue weighted by molar-refractivity contribution is -0.141. The van der Waals surface area contributed by atoms with E-state index in [1.54, 1.807) is 0 Å². The Kier molecular flexibility index (Phi) is 3.76. The van der Waals surface area contributed by atoms with Gasteiger partial charge in [0.2, 0.25) is 0 Å². The van der Waals surface area contributed by atoms with Gasteiger partial charge >= 0.3 is 5.97 Å². The van der Waals surface area contributed by atoms with Crippen molar-refractivity contribution in [3.8, 4) is 0 Å². The molecule has 0 spiro atoms. The lowest BCUT2D eigenvalue weighted by Crippen LogP contribution is -2.31. The summed E-state index contributed by atoms with van der Waals surface area (Å²) >= 11 is 0. The van der Waals surface area contributed by atoms with Gasteiger partial charge in [0, 0.05) is 25.0 Å². The van der Waals surface area contributed by atoms with Gasteiger partial charge in [-0.05, 0) is 5.56 Å². The Balaban J connectivity index is 2.00. The molecule has 17 heavy (non-hydrogen) atoms. The topological polar surface area (TPSA) is 55.6 Å². The van der Waals surface area contributed by atoms with Crippen molar-refractivity contribution in [2.24, 2.45) is 5.73 Å². The largest absolute Gasteiger partial charge is 0.468 e. The average molecular weight is 234 g/mol. The summed E-state index contributed by atoms with van der Waals surface area (Å²) in [6.45, 7) is 1.89. The molecule has 1 aliphatic rings. The molecule has 0 bridgehead atoms. The Morgan fingerprint density at radius 1 is 1.41 bits per heavy atom. The van der Waals surface area contributed by atoms with Crippen molar-refractivity contribution in [1.29, 1.82) is 0 Å². The molecule has 1 aromatic carbocycles. The molecular weight excluding hydrogens is 216 g/mol. The van der Waals surface area contributed by atoms with Crippen LogP contribution >= 0.6 is 0 Å². The van der Waals surface area contributed by atoms with Gasteiger partial charge in [-0.15, -0.1) is 0 Å². The van der Waals surface area contributed by atoms with Crippen LogP contribution in [0.25, 0.3) is 0 Å². The smallest absolute Gasteiger partial charge is 0.319 e. The monoisotopic (exact) mass is 234 g/mol. The molecule has 4 nitrogen and oxygen atoms in total. The maximum atomic E-state index is 11.2. The molecule has 1 aliphatic heterocycles. The zero-order valence-electron chi connectivity index (χ0n) is 10.0. The molecule has 1 saturated heterocycles. The predicted octanol–water partition coefficient (Wildman–Crippen LogP) is 0.586. The summed E-state index contributed by atoms with van der Waals surface area (Å²) in [5.74, 6) is 0.103. The van der Waals surface area contributed by atoms with Gasteiger partial charge < -0.3 is 10.5 Å². The van der Waals surface area contributed by atoms with Crippen LogP contribution in [0.15, 0.2) is 30.3 Å². The molecule has 2 N–H and O–H groups in total. The van der Waals surface area contributed by atoms with Gasteiger partial charge in [0.15, 0.2) is 0 Å². The van der Waals surface area contributed by atoms with Crippen molar-refractivity contribution in [2.45, 2.75) is 12.0 Å². The number of ether oxygens (including phenoxy) is 1. The number of carbonyl (C=O) groups is 1. The van der Waals surface area contributed by atoms with Crippen molar-refractivity contribution < 1.29 is 9.53 Å². The van der Waals surface area contributed by atoms with Gasteiger partial charge in [-0.3, -0.25) is 9.69 Å². The fraction of sp³-hybridized carbons (Fsp3) is 0.462. The molecule has 0 aliphatic carbocycles. The van der Waals surface area contributed by atoms with Crippen molar-refractivity contribution in [1.82, 2.24) is 4.90 Å². The number of likely N-dealkylation sites (tertiary alicyclic amines) is 1. The molecule has 0 radical (unpaired) electrons. The van der Waals surface area contributed by atoms with Gasteiger partial charge in [-0.25, -0.2) is 0 Å². The minimum Gasteiger partial charge on any atom is -0.468 e. The Labute approximate surface area is 101 Å². The van der Waals surface area contributed by atoms with Crippen LogP contribution in [0.1, 0.15) is 11.5 Å². The number of carbonyl (C=O) groups excluding carboxylic acids is 1. The van der Waals surface area contributed by atoms with E-state index in [1.807, 2.05) is 23.1 Å². The van der Waals surface area contributed by atoms with Crippen LogP contribution in [0.3, 0.4) is 0 Å². The van der Waals surface area contributed by atoms with Crippen molar-refractivity contribution >= 4 is 5.97 Å². The van der Waals surface area contributed by atoms with E-state index in [0.717, 1.165) is 13.1 Å². The SMILES string of the molecule is COC(=O)CN1C[C@H](c2ccccc2)[C@@H](N)C1. The lowest BCUT2D eigenvalue weighted by atomic mass is 9.95. The normalized spacial score (nSPS) is 24.8. The average Bonchev–Trinajstić information content (AvgIpc) is 2.71. The van der Waals surface area contributed by atoms with Crippen LogP contribution in [0.5, 0.6) is 0 Å². The molecule has 0 unspecified atom stereocenters. The molecule has 2 rings (SSSR count). The molecular formula is C13H18N2O2. The molecule has 0 saturated carbocycles. The van der Waals surface area contributed by atoms with Crippen molar-refractivity contribution in [3.63, 3.8) is 0 Å². The van der Waals surface area contributed by atoms with Crippen molar-refractivity contribution in [3.05, 3.63) is 35.9 Å². The molecule has 1 fully saturated rings. The van der Waals surface area contributed by atoms with Gasteiger partial charge in [-0.1, -0.05) is 30.3 Å². The molecule has 0 aromatic heterocycles. The van der Waals surface area contributed by atoms with Crippen LogP contribution in [0, 0.1) is 0 Å². The fourth-order valence-corrected chi connectivity index (χ4v) is 2.34. The van der Waals surface area contributed by atoms with Crippen LogP contribution in [0.2, 0.25) is 0 Å². The summed E-state index contributed by atoms with van der Waals surface area (Å²) in [5, 5.41) is 0. The maximum Gasteiger partial charge on any atom is 0.319 e. The van der Waals surface area contributed by atoms with Gasteiger partial charge in [0.05, 0.1) is 13.7 Å². The number of esters is 1. The zero-order chi connectivity index (χ0) is 12.3. The van der Waals surface area contributed by atoms with Gasteiger partial charge in [0.1, 0.15) is 0 Å². The lowest BCUT2D eigenvalue weighted by Gasteiger charge is -2.14. The second-order valence-corrected chi connectivity index (χ2v) is 4.45. The minimum absolute atomic E-state index is 0.0852. The molecule has 1 aromatic rings. The van der Waals surface area contributed by atoms with E-state index in [1.165, 1.54) is 12.7 Å². The third kappa shape index (κ3) is 2.84. The highest BCUT2D eigenvalue weighted by atomic mass is 16.5. The third-order valence-electron chi connectivity index (χ3n) is 3.25. The Hall–Kier alpha value is -1.39. The number of benzene rings is 1. The fourth-order valence-electron chi connectivity index (χ4n) is 2.34. The maximum absolute atomic E-state index is 11.2. The number of rotatable bonds is 3. The summed E-state index contributed by atoms with van der Waals surface area (Å²) in [4.78, 5) is 13.3. The summed E-state index contributed by atoms with van der Waals surface area (Å²) in [6.07, 6.45) is 0. The zero-order valence-corrected chi connectivity index (χ0v) is 10.0. The number of methoxy groups -OCH3 is 1. The Morgan fingerprint density at radius 3 is 2.76 bits per heavy atom. The van der Waals surface area contributed by atoms with E-state index in [0.29, 0.717) is 12.5 Å². The van der Waals surface area contributed by atoms with Crippen molar-refractivity contribution in [2.75, 3.05) is 26.7 Å². The third-order valence-corrected chi connectivity index (χ3v) is 3.25. The molecule has 4 heteroatoms. The van der Waals surface area contributed by atoms with Crippen LogP contribution in [-0.4, -0.2) is 43.7 Å². The van der Waals surface area contributed by atoms with E-state index in [-0.39, 0.29) is 12.0 Å². The first-order chi connectivity index (χ1) is 8.20. The van der Waals surface area contributed by atoms with Crippen LogP contribution in [-0.2, 0) is 9.53 Å². The van der Waals surface area contributed by atoms with Gasteiger partial charge in [0.25, 0.3) is 0 Å². The van der Waals surface area contributed by atoms with Crippen LogP contribution < -0.4 is 5.73 Å². The molecule has 0 amide bonds. The molecule has 92 valence electrons. The minimum atomic E-state index is -0.203. The number of hydrogen-bond donors (Lipinski definition) is 1. The van der Waals surface area contributed by atoms with E-state index in [9.17, 15) is 4.79 Å². The number of hydrogen-bond acceptors (Lipinski definition) is 4. The number of nitrogens with two attached hydrogens (primary N) is 1. The molecule has 1 heterocycles. The summed E-state index contributed by atoms with van der Waals surface area (Å²) in [6, 6.07) is 10.3. The first-order valence-corrected chi connectivity index (χ1v) is 5.80. The first-order valence-electron chi connectivity index (χ1n) is 5.80. The van der Waals surface area contributed by atoms with E-state index < -0.39 is 0 Å².